The molecule has 0 radical (unpaired) electrons. The summed E-state index contributed by atoms with van der Waals surface area (Å²) in [6.07, 6.45) is 6.54. The van der Waals surface area contributed by atoms with Crippen molar-refractivity contribution in [2.45, 2.75) is 46.0 Å². The van der Waals surface area contributed by atoms with Crippen LogP contribution in [0.3, 0.4) is 0 Å². The van der Waals surface area contributed by atoms with E-state index < -0.39 is 0 Å². The summed E-state index contributed by atoms with van der Waals surface area (Å²) in [7, 11) is 1.60. The quantitative estimate of drug-likeness (QED) is 0.403. The maximum absolute atomic E-state index is 11.5. The van der Waals surface area contributed by atoms with Gasteiger partial charge >= 0.3 is 5.97 Å². The van der Waals surface area contributed by atoms with Gasteiger partial charge in [0.1, 0.15) is 6.61 Å². The van der Waals surface area contributed by atoms with Gasteiger partial charge in [0, 0.05) is 12.9 Å². The minimum absolute atomic E-state index is 0.0116. The average molecular weight is 276 g/mol. The van der Waals surface area contributed by atoms with Crippen LogP contribution in [0.1, 0.15) is 46.0 Å². The van der Waals surface area contributed by atoms with E-state index in [0.717, 1.165) is 11.5 Å². The first-order valence-corrected chi connectivity index (χ1v) is 8.11. The van der Waals surface area contributed by atoms with Crippen LogP contribution in [-0.4, -0.2) is 37.8 Å². The van der Waals surface area contributed by atoms with E-state index in [-0.39, 0.29) is 11.9 Å². The lowest BCUT2D eigenvalue weighted by molar-refractivity contribution is -0.148. The number of rotatable bonds is 12. The molecule has 18 heavy (non-hydrogen) atoms. The fraction of sp³-hybridized carbons (Fsp3) is 0.929. The molecule has 0 fully saturated rings. The number of methoxy groups -OCH3 is 1. The molecule has 0 aliphatic heterocycles. The fourth-order valence-corrected chi connectivity index (χ4v) is 2.57. The van der Waals surface area contributed by atoms with Crippen molar-refractivity contribution in [3.63, 3.8) is 0 Å². The van der Waals surface area contributed by atoms with Crippen LogP contribution in [0.5, 0.6) is 0 Å². The second-order valence-corrected chi connectivity index (χ2v) is 5.70. The van der Waals surface area contributed by atoms with Gasteiger partial charge in [0.15, 0.2) is 0 Å². The van der Waals surface area contributed by atoms with Crippen molar-refractivity contribution in [1.29, 1.82) is 0 Å². The van der Waals surface area contributed by atoms with Gasteiger partial charge in [-0.1, -0.05) is 39.5 Å². The second-order valence-electron chi connectivity index (χ2n) is 4.55. The van der Waals surface area contributed by atoms with Crippen LogP contribution < -0.4 is 0 Å². The number of unbranched alkanes of at least 4 members (excludes halogenated alkanes) is 4. The van der Waals surface area contributed by atoms with Crippen LogP contribution in [0.25, 0.3) is 0 Å². The van der Waals surface area contributed by atoms with Crippen molar-refractivity contribution in [2.24, 2.45) is 5.92 Å². The largest absolute Gasteiger partial charge is 0.463 e. The molecule has 0 aromatic heterocycles. The molecule has 0 N–H and O–H groups in total. The van der Waals surface area contributed by atoms with Gasteiger partial charge in [-0.2, -0.15) is 11.8 Å². The van der Waals surface area contributed by atoms with Crippen molar-refractivity contribution >= 4 is 17.7 Å². The summed E-state index contributed by atoms with van der Waals surface area (Å²) in [4.78, 5) is 11.5. The summed E-state index contributed by atoms with van der Waals surface area (Å²) < 4.78 is 9.91. The van der Waals surface area contributed by atoms with E-state index in [1.165, 1.54) is 32.1 Å². The van der Waals surface area contributed by atoms with Gasteiger partial charge in [-0.3, -0.25) is 4.79 Å². The zero-order valence-electron chi connectivity index (χ0n) is 12.1. The lowest BCUT2D eigenvalue weighted by Crippen LogP contribution is -2.19. The van der Waals surface area contributed by atoms with Crippen molar-refractivity contribution in [3.05, 3.63) is 0 Å². The number of thioether (sulfide) groups is 1. The van der Waals surface area contributed by atoms with Crippen LogP contribution in [0.4, 0.5) is 0 Å². The molecule has 0 rings (SSSR count). The number of esters is 1. The van der Waals surface area contributed by atoms with Crippen molar-refractivity contribution in [2.75, 3.05) is 31.8 Å². The summed E-state index contributed by atoms with van der Waals surface area (Å²) in [5, 5.41) is 0. The standard InChI is InChI=1S/C14H28O3S/c1-4-5-6-7-8-11-18-12-13(2)14(15)17-10-9-16-3/h13H,4-12H2,1-3H3. The summed E-state index contributed by atoms with van der Waals surface area (Å²) in [6, 6.07) is 0. The fourth-order valence-electron chi connectivity index (χ4n) is 1.50. The normalized spacial score (nSPS) is 12.4. The average Bonchev–Trinajstić information content (AvgIpc) is 2.37. The Kier molecular flexibility index (Phi) is 13.1. The molecule has 108 valence electrons. The number of hydrogen-bond donors (Lipinski definition) is 0. The molecule has 0 saturated heterocycles. The molecule has 0 heterocycles. The Morgan fingerprint density at radius 3 is 2.56 bits per heavy atom. The highest BCUT2D eigenvalue weighted by atomic mass is 32.2. The van der Waals surface area contributed by atoms with Crippen LogP contribution in [-0.2, 0) is 14.3 Å². The van der Waals surface area contributed by atoms with Crippen LogP contribution in [0, 0.1) is 5.92 Å². The minimum atomic E-state index is -0.106. The van der Waals surface area contributed by atoms with E-state index >= 15 is 0 Å². The molecule has 4 heteroatoms. The first-order chi connectivity index (χ1) is 8.72. The molecule has 0 aromatic rings. The molecule has 1 atom stereocenters. The summed E-state index contributed by atoms with van der Waals surface area (Å²) in [5.74, 6) is 1.90. The smallest absolute Gasteiger partial charge is 0.309 e. The third-order valence-corrected chi connectivity index (χ3v) is 4.01. The predicted octanol–water partition coefficient (Wildman–Crippen LogP) is 3.52. The number of hydrogen-bond acceptors (Lipinski definition) is 4. The second kappa shape index (κ2) is 13.2. The molecular formula is C14H28O3S. The zero-order chi connectivity index (χ0) is 13.6. The highest BCUT2D eigenvalue weighted by Gasteiger charge is 2.13. The van der Waals surface area contributed by atoms with Gasteiger partial charge in [-0.25, -0.2) is 0 Å². The Morgan fingerprint density at radius 1 is 1.17 bits per heavy atom. The lowest BCUT2D eigenvalue weighted by atomic mass is 10.2. The molecule has 0 amide bonds. The van der Waals surface area contributed by atoms with E-state index in [2.05, 4.69) is 6.92 Å². The molecule has 0 aliphatic rings. The number of carbonyl (C=O) groups is 1. The topological polar surface area (TPSA) is 35.5 Å². The Labute approximate surface area is 116 Å². The van der Waals surface area contributed by atoms with E-state index in [9.17, 15) is 4.79 Å². The number of ether oxygens (including phenoxy) is 2. The third-order valence-electron chi connectivity index (χ3n) is 2.69. The molecule has 0 aromatic carbocycles. The molecular weight excluding hydrogens is 248 g/mol. The highest BCUT2D eigenvalue weighted by Crippen LogP contribution is 2.13. The first-order valence-electron chi connectivity index (χ1n) is 6.95. The van der Waals surface area contributed by atoms with Crippen molar-refractivity contribution < 1.29 is 14.3 Å². The molecule has 3 nitrogen and oxygen atoms in total. The van der Waals surface area contributed by atoms with Gasteiger partial charge in [0.05, 0.1) is 12.5 Å². The highest BCUT2D eigenvalue weighted by molar-refractivity contribution is 7.99. The van der Waals surface area contributed by atoms with Gasteiger partial charge in [-0.15, -0.1) is 0 Å². The van der Waals surface area contributed by atoms with Crippen molar-refractivity contribution in [3.8, 4) is 0 Å². The SMILES string of the molecule is CCCCCCCSCC(C)C(=O)OCCOC. The van der Waals surface area contributed by atoms with E-state index in [1.54, 1.807) is 7.11 Å². The van der Waals surface area contributed by atoms with Gasteiger partial charge < -0.3 is 9.47 Å². The molecule has 0 bridgehead atoms. The van der Waals surface area contributed by atoms with E-state index in [0.29, 0.717) is 13.2 Å². The Bertz CT molecular complexity index is 197. The summed E-state index contributed by atoms with van der Waals surface area (Å²) >= 11 is 1.85. The van der Waals surface area contributed by atoms with Gasteiger partial charge in [0.25, 0.3) is 0 Å². The van der Waals surface area contributed by atoms with Gasteiger partial charge in [0.2, 0.25) is 0 Å². The summed E-state index contributed by atoms with van der Waals surface area (Å²) in [6.45, 7) is 5.00. The Balaban J connectivity index is 3.34. The van der Waals surface area contributed by atoms with Crippen LogP contribution in [0.15, 0.2) is 0 Å². The first kappa shape index (κ1) is 17.8. The zero-order valence-corrected chi connectivity index (χ0v) is 12.9. The van der Waals surface area contributed by atoms with Gasteiger partial charge in [-0.05, 0) is 12.2 Å². The molecule has 0 saturated carbocycles. The predicted molar refractivity (Wildman–Crippen MR) is 78.1 cm³/mol. The lowest BCUT2D eigenvalue weighted by Gasteiger charge is -2.10. The minimum Gasteiger partial charge on any atom is -0.463 e. The summed E-state index contributed by atoms with van der Waals surface area (Å²) in [5.41, 5.74) is 0. The van der Waals surface area contributed by atoms with Crippen LogP contribution >= 0.6 is 11.8 Å². The van der Waals surface area contributed by atoms with E-state index in [4.69, 9.17) is 9.47 Å². The van der Waals surface area contributed by atoms with E-state index in [1.807, 2.05) is 18.7 Å². The Morgan fingerprint density at radius 2 is 1.89 bits per heavy atom. The monoisotopic (exact) mass is 276 g/mol. The molecule has 0 aliphatic carbocycles. The van der Waals surface area contributed by atoms with Crippen LogP contribution in [0.2, 0.25) is 0 Å². The molecule has 1 unspecified atom stereocenters. The molecule has 0 spiro atoms. The van der Waals surface area contributed by atoms with Crippen molar-refractivity contribution in [1.82, 2.24) is 0 Å². The third kappa shape index (κ3) is 10.9. The Hall–Kier alpha value is -0.220. The maximum atomic E-state index is 11.5. The number of carbonyl (C=O) groups excluding carboxylic acids is 1. The maximum Gasteiger partial charge on any atom is 0.309 e.